The van der Waals surface area contributed by atoms with E-state index in [1.165, 1.54) is 0 Å². The normalized spacial score (nSPS) is 21.0. The largest absolute Gasteiger partial charge is 0.376 e. The van der Waals surface area contributed by atoms with Crippen LogP contribution in [0.1, 0.15) is 25.7 Å². The Bertz CT molecular complexity index is 581. The highest BCUT2D eigenvalue weighted by atomic mass is 16.2. The molecule has 2 aliphatic rings. The molecule has 2 heterocycles. The first-order valence-electron chi connectivity index (χ1n) is 8.27. The summed E-state index contributed by atoms with van der Waals surface area (Å²) in [5.41, 5.74) is 0.988. The molecule has 124 valence electrons. The van der Waals surface area contributed by atoms with E-state index < -0.39 is 0 Å². The third-order valence-corrected chi connectivity index (χ3v) is 4.55. The lowest BCUT2D eigenvalue weighted by Crippen LogP contribution is -2.44. The zero-order chi connectivity index (χ0) is 16.4. The number of nitrogens with one attached hydrogen (secondary N) is 1. The number of carbonyl (C=O) groups is 2. The summed E-state index contributed by atoms with van der Waals surface area (Å²) in [6.07, 6.45) is 5.47. The van der Waals surface area contributed by atoms with Crippen LogP contribution in [0.4, 0.5) is 11.5 Å². The van der Waals surface area contributed by atoms with Crippen LogP contribution in [-0.4, -0.2) is 48.9 Å². The van der Waals surface area contributed by atoms with Gasteiger partial charge in [0.2, 0.25) is 11.8 Å². The van der Waals surface area contributed by atoms with E-state index in [4.69, 9.17) is 0 Å². The third-order valence-electron chi connectivity index (χ3n) is 4.55. The summed E-state index contributed by atoms with van der Waals surface area (Å²) in [6.45, 7) is 1.33. The lowest BCUT2D eigenvalue weighted by Gasteiger charge is -2.32. The topological polar surface area (TPSA) is 65.5 Å². The maximum absolute atomic E-state index is 12.4. The van der Waals surface area contributed by atoms with E-state index in [1.54, 1.807) is 6.20 Å². The molecule has 1 aromatic heterocycles. The first-order valence-corrected chi connectivity index (χ1v) is 8.27. The van der Waals surface area contributed by atoms with Gasteiger partial charge in [-0.2, -0.15) is 0 Å². The number of piperidine rings is 1. The Kier molecular flexibility index (Phi) is 4.50. The van der Waals surface area contributed by atoms with Gasteiger partial charge in [0, 0.05) is 33.1 Å². The van der Waals surface area contributed by atoms with E-state index >= 15 is 0 Å². The molecule has 6 nitrogen and oxygen atoms in total. The van der Waals surface area contributed by atoms with E-state index in [0.717, 1.165) is 37.9 Å². The third kappa shape index (κ3) is 3.81. The van der Waals surface area contributed by atoms with Crippen molar-refractivity contribution < 1.29 is 9.59 Å². The molecule has 2 amide bonds. The van der Waals surface area contributed by atoms with E-state index in [0.29, 0.717) is 12.4 Å². The van der Waals surface area contributed by atoms with Gasteiger partial charge in [-0.15, -0.1) is 0 Å². The van der Waals surface area contributed by atoms with Crippen molar-refractivity contribution in [2.45, 2.75) is 25.7 Å². The summed E-state index contributed by atoms with van der Waals surface area (Å²) in [5.74, 6) is 0.837. The first-order chi connectivity index (χ1) is 11.0. The quantitative estimate of drug-likeness (QED) is 0.919. The van der Waals surface area contributed by atoms with Crippen LogP contribution in [-0.2, 0) is 9.59 Å². The highest BCUT2D eigenvalue weighted by Crippen LogP contribution is 2.32. The van der Waals surface area contributed by atoms with Crippen LogP contribution < -0.4 is 10.2 Å². The molecule has 1 aromatic rings. The second-order valence-corrected chi connectivity index (χ2v) is 6.68. The summed E-state index contributed by atoms with van der Waals surface area (Å²) in [6, 6.07) is 3.73. The van der Waals surface area contributed by atoms with Gasteiger partial charge in [-0.1, -0.05) is 0 Å². The van der Waals surface area contributed by atoms with Gasteiger partial charge in [-0.3, -0.25) is 9.59 Å². The van der Waals surface area contributed by atoms with Gasteiger partial charge in [0.15, 0.2) is 0 Å². The molecule has 3 rings (SSSR count). The van der Waals surface area contributed by atoms with Gasteiger partial charge in [0.25, 0.3) is 0 Å². The number of hydrogen-bond acceptors (Lipinski definition) is 4. The van der Waals surface area contributed by atoms with E-state index in [1.807, 2.05) is 36.0 Å². The fraction of sp³-hybridized carbons (Fsp3) is 0.588. The summed E-state index contributed by atoms with van der Waals surface area (Å²) in [5, 5.41) is 2.88. The molecule has 23 heavy (non-hydrogen) atoms. The van der Waals surface area contributed by atoms with Crippen molar-refractivity contribution in [3.8, 4) is 0 Å². The fourth-order valence-electron chi connectivity index (χ4n) is 2.93. The molecule has 1 aliphatic carbocycles. The van der Waals surface area contributed by atoms with Crippen molar-refractivity contribution in [3.05, 3.63) is 18.3 Å². The molecule has 0 radical (unpaired) electrons. The molecule has 1 aliphatic heterocycles. The zero-order valence-electron chi connectivity index (χ0n) is 13.8. The van der Waals surface area contributed by atoms with Crippen LogP contribution in [0.5, 0.6) is 0 Å². The van der Waals surface area contributed by atoms with Gasteiger partial charge in [0.05, 0.1) is 17.8 Å². The number of amides is 2. The monoisotopic (exact) mass is 316 g/mol. The average Bonchev–Trinajstić information content (AvgIpc) is 3.39. The molecular weight excluding hydrogens is 292 g/mol. The Labute approximate surface area is 136 Å². The van der Waals surface area contributed by atoms with Crippen molar-refractivity contribution in [1.29, 1.82) is 0 Å². The molecule has 0 unspecified atom stereocenters. The molecule has 1 saturated heterocycles. The molecule has 0 aromatic carbocycles. The smallest absolute Gasteiger partial charge is 0.230 e. The van der Waals surface area contributed by atoms with Crippen molar-refractivity contribution in [1.82, 2.24) is 9.88 Å². The first kappa shape index (κ1) is 15.8. The van der Waals surface area contributed by atoms with Crippen molar-refractivity contribution in [2.24, 2.45) is 11.8 Å². The number of likely N-dealkylation sites (tertiary alicyclic amines) is 1. The summed E-state index contributed by atoms with van der Waals surface area (Å²) >= 11 is 0. The van der Waals surface area contributed by atoms with Gasteiger partial charge >= 0.3 is 0 Å². The molecular formula is C17H24N4O2. The molecule has 2 fully saturated rings. The fourth-order valence-corrected chi connectivity index (χ4v) is 2.93. The second-order valence-electron chi connectivity index (χ2n) is 6.68. The Morgan fingerprint density at radius 2 is 2.00 bits per heavy atom. The zero-order valence-corrected chi connectivity index (χ0v) is 13.8. The molecule has 6 heteroatoms. The second kappa shape index (κ2) is 6.56. The number of aromatic nitrogens is 1. The lowest BCUT2D eigenvalue weighted by atomic mass is 9.96. The predicted molar refractivity (Wildman–Crippen MR) is 89.2 cm³/mol. The van der Waals surface area contributed by atoms with E-state index in [9.17, 15) is 9.59 Å². The average molecular weight is 316 g/mol. The molecule has 0 bridgehead atoms. The highest BCUT2D eigenvalue weighted by Gasteiger charge is 2.36. The number of rotatable bonds is 4. The molecule has 0 spiro atoms. The maximum atomic E-state index is 12.4. The van der Waals surface area contributed by atoms with Gasteiger partial charge in [-0.05, 0) is 37.8 Å². The standard InChI is InChI=1S/C17H24N4O2/c1-20(2)14-7-8-15(18-10-14)19-16(22)13-4-3-9-21(11-13)17(23)12-5-6-12/h7-8,10,12-13H,3-6,9,11H2,1-2H3,(H,18,19,22)/t13-/m1/s1. The van der Waals surface area contributed by atoms with Crippen LogP contribution in [0.3, 0.4) is 0 Å². The van der Waals surface area contributed by atoms with Crippen molar-refractivity contribution in [3.63, 3.8) is 0 Å². The molecule has 1 N–H and O–H groups in total. The number of hydrogen-bond donors (Lipinski definition) is 1. The van der Waals surface area contributed by atoms with Crippen LogP contribution in [0.15, 0.2) is 18.3 Å². The highest BCUT2D eigenvalue weighted by molar-refractivity contribution is 5.92. The Hall–Kier alpha value is -2.11. The van der Waals surface area contributed by atoms with Gasteiger partial charge in [-0.25, -0.2) is 4.98 Å². The van der Waals surface area contributed by atoms with Crippen molar-refractivity contribution >= 4 is 23.3 Å². The minimum atomic E-state index is -0.137. The number of pyridine rings is 1. The van der Waals surface area contributed by atoms with Crippen LogP contribution >= 0.6 is 0 Å². The molecule has 1 saturated carbocycles. The Morgan fingerprint density at radius 1 is 1.22 bits per heavy atom. The SMILES string of the molecule is CN(C)c1ccc(NC(=O)[C@@H]2CCCN(C(=O)C3CC3)C2)nc1. The van der Waals surface area contributed by atoms with Crippen LogP contribution in [0.25, 0.3) is 0 Å². The van der Waals surface area contributed by atoms with E-state index in [2.05, 4.69) is 10.3 Å². The summed E-state index contributed by atoms with van der Waals surface area (Å²) in [4.78, 5) is 32.7. The number of nitrogens with zero attached hydrogens (tertiary/aromatic N) is 3. The minimum absolute atomic E-state index is 0.0385. The number of carbonyl (C=O) groups excluding carboxylic acids is 2. The van der Waals surface area contributed by atoms with Crippen molar-refractivity contribution in [2.75, 3.05) is 37.4 Å². The Morgan fingerprint density at radius 3 is 2.61 bits per heavy atom. The van der Waals surface area contributed by atoms with E-state index in [-0.39, 0.29) is 23.7 Å². The predicted octanol–water partition coefficient (Wildman–Crippen LogP) is 1.73. The molecule has 1 atom stereocenters. The maximum Gasteiger partial charge on any atom is 0.230 e. The van der Waals surface area contributed by atoms with Gasteiger partial charge < -0.3 is 15.1 Å². The number of anilines is 2. The van der Waals surface area contributed by atoms with Gasteiger partial charge in [0.1, 0.15) is 5.82 Å². The van der Waals surface area contributed by atoms with Crippen LogP contribution in [0.2, 0.25) is 0 Å². The Balaban J connectivity index is 1.57. The summed E-state index contributed by atoms with van der Waals surface area (Å²) < 4.78 is 0. The summed E-state index contributed by atoms with van der Waals surface area (Å²) in [7, 11) is 3.89. The minimum Gasteiger partial charge on any atom is -0.376 e. The lowest BCUT2D eigenvalue weighted by molar-refractivity contribution is -0.135. The van der Waals surface area contributed by atoms with Crippen LogP contribution in [0, 0.1) is 11.8 Å².